The van der Waals surface area contributed by atoms with Gasteiger partial charge in [0.2, 0.25) is 6.79 Å². The Morgan fingerprint density at radius 2 is 1.76 bits per heavy atom. The first-order valence-corrected chi connectivity index (χ1v) is 11.8. The second-order valence-electron chi connectivity index (χ2n) is 8.01. The lowest BCUT2D eigenvalue weighted by Crippen LogP contribution is -2.56. The molecule has 5 rings (SSSR count). The van der Waals surface area contributed by atoms with Gasteiger partial charge in [-0.05, 0) is 46.8 Å². The van der Waals surface area contributed by atoms with Crippen LogP contribution in [0.5, 0.6) is 11.5 Å². The molecule has 1 aromatic heterocycles. The zero-order valence-corrected chi connectivity index (χ0v) is 19.2. The summed E-state index contributed by atoms with van der Waals surface area (Å²) in [5.41, 5.74) is 5.01. The third-order valence-electron chi connectivity index (χ3n) is 5.83. The molecule has 2 N–H and O–H groups in total. The van der Waals surface area contributed by atoms with Crippen LogP contribution in [0, 0.1) is 0 Å². The number of nitrogens with one attached hydrogen (secondary N) is 1. The van der Waals surface area contributed by atoms with E-state index in [2.05, 4.69) is 10.3 Å². The van der Waals surface area contributed by atoms with Crippen molar-refractivity contribution in [2.45, 2.75) is 6.54 Å². The standard InChI is InChI=1S/C24H24N4O5S/c29-23(25-28(24(30)31)19-6-4-18(5-7-19)22-2-1-13-34-22)27-11-9-26(10-12-27)15-17-3-8-20-21(14-17)33-16-32-20/h1-8,13-14H,9-12,15-16H2,(H,25,29)(H,30,31). The average molecular weight is 481 g/mol. The predicted octanol–water partition coefficient (Wildman–Crippen LogP) is 4.07. The Morgan fingerprint density at radius 1 is 1.00 bits per heavy atom. The molecule has 10 heteroatoms. The summed E-state index contributed by atoms with van der Waals surface area (Å²) in [6.07, 6.45) is -1.25. The van der Waals surface area contributed by atoms with Crippen LogP contribution in [0.15, 0.2) is 60.0 Å². The number of carboxylic acid groups (broad SMARTS) is 1. The molecule has 0 spiro atoms. The van der Waals surface area contributed by atoms with Gasteiger partial charge in [-0.25, -0.2) is 15.0 Å². The SMILES string of the molecule is O=C(NN(C(=O)O)c1ccc(-c2cccs2)cc1)N1CCN(Cc2ccc3c(c2)OCO3)CC1. The van der Waals surface area contributed by atoms with E-state index in [1.165, 1.54) is 0 Å². The van der Waals surface area contributed by atoms with Crippen molar-refractivity contribution >= 4 is 29.1 Å². The van der Waals surface area contributed by atoms with Crippen molar-refractivity contribution in [2.75, 3.05) is 38.0 Å². The van der Waals surface area contributed by atoms with E-state index in [4.69, 9.17) is 9.47 Å². The average Bonchev–Trinajstić information content (AvgIpc) is 3.55. The van der Waals surface area contributed by atoms with Gasteiger partial charge in [0, 0.05) is 37.6 Å². The molecule has 2 aliphatic heterocycles. The molecule has 176 valence electrons. The summed E-state index contributed by atoms with van der Waals surface area (Å²) in [7, 11) is 0. The van der Waals surface area contributed by atoms with Crippen LogP contribution in [0.2, 0.25) is 0 Å². The molecule has 34 heavy (non-hydrogen) atoms. The lowest BCUT2D eigenvalue weighted by molar-refractivity contribution is 0.133. The van der Waals surface area contributed by atoms with Crippen LogP contribution < -0.4 is 19.9 Å². The van der Waals surface area contributed by atoms with Crippen molar-refractivity contribution in [3.63, 3.8) is 0 Å². The highest BCUT2D eigenvalue weighted by Crippen LogP contribution is 2.33. The van der Waals surface area contributed by atoms with Gasteiger partial charge in [0.1, 0.15) is 0 Å². The van der Waals surface area contributed by atoms with E-state index in [0.29, 0.717) is 31.9 Å². The number of urea groups is 1. The molecule has 2 aromatic carbocycles. The van der Waals surface area contributed by atoms with E-state index in [9.17, 15) is 14.7 Å². The number of anilines is 1. The molecule has 9 nitrogen and oxygen atoms in total. The van der Waals surface area contributed by atoms with Crippen LogP contribution >= 0.6 is 11.3 Å². The second-order valence-corrected chi connectivity index (χ2v) is 8.96. The second kappa shape index (κ2) is 9.62. The van der Waals surface area contributed by atoms with Crippen LogP contribution in [-0.4, -0.2) is 60.0 Å². The zero-order chi connectivity index (χ0) is 23.5. The zero-order valence-electron chi connectivity index (χ0n) is 18.3. The van der Waals surface area contributed by atoms with E-state index in [0.717, 1.165) is 39.1 Å². The quantitative estimate of drug-likeness (QED) is 0.547. The summed E-state index contributed by atoms with van der Waals surface area (Å²) in [5.74, 6) is 1.52. The van der Waals surface area contributed by atoms with Gasteiger partial charge in [-0.2, -0.15) is 5.01 Å². The summed E-state index contributed by atoms with van der Waals surface area (Å²) in [6, 6.07) is 16.5. The number of ether oxygens (including phenoxy) is 2. The fourth-order valence-electron chi connectivity index (χ4n) is 4.01. The highest BCUT2D eigenvalue weighted by molar-refractivity contribution is 7.13. The number of hydrogen-bond donors (Lipinski definition) is 2. The molecule has 3 aromatic rings. The molecule has 0 aliphatic carbocycles. The van der Waals surface area contributed by atoms with Gasteiger partial charge in [0.15, 0.2) is 11.5 Å². The van der Waals surface area contributed by atoms with Gasteiger partial charge < -0.3 is 19.5 Å². The number of fused-ring (bicyclic) bond motifs is 1. The maximum absolute atomic E-state index is 12.8. The first-order chi connectivity index (χ1) is 16.6. The van der Waals surface area contributed by atoms with Crippen molar-refractivity contribution in [1.82, 2.24) is 15.2 Å². The fraction of sp³-hybridized carbons (Fsp3) is 0.250. The number of carbonyl (C=O) groups excluding carboxylic acids is 1. The molecule has 0 radical (unpaired) electrons. The van der Waals surface area contributed by atoms with Gasteiger partial charge in [-0.15, -0.1) is 11.3 Å². The minimum Gasteiger partial charge on any atom is -0.463 e. The number of benzene rings is 2. The Bertz CT molecular complexity index is 1160. The third-order valence-corrected chi connectivity index (χ3v) is 6.75. The molecule has 0 saturated carbocycles. The number of carbonyl (C=O) groups is 2. The number of rotatable bonds is 4. The largest absolute Gasteiger partial charge is 0.463 e. The first-order valence-electron chi connectivity index (χ1n) is 10.9. The van der Waals surface area contributed by atoms with Crippen molar-refractivity contribution < 1.29 is 24.2 Å². The summed E-state index contributed by atoms with van der Waals surface area (Å²) in [5, 5.41) is 12.5. The minimum absolute atomic E-state index is 0.249. The van der Waals surface area contributed by atoms with Crippen molar-refractivity contribution in [2.24, 2.45) is 0 Å². The van der Waals surface area contributed by atoms with Gasteiger partial charge in [0.05, 0.1) is 5.69 Å². The molecule has 1 saturated heterocycles. The first kappa shape index (κ1) is 22.1. The highest BCUT2D eigenvalue weighted by atomic mass is 32.1. The van der Waals surface area contributed by atoms with Gasteiger partial charge >= 0.3 is 12.1 Å². The molecule has 0 atom stereocenters. The highest BCUT2D eigenvalue weighted by Gasteiger charge is 2.25. The lowest BCUT2D eigenvalue weighted by Gasteiger charge is -2.35. The fourth-order valence-corrected chi connectivity index (χ4v) is 4.75. The molecule has 0 bridgehead atoms. The minimum atomic E-state index is -1.25. The van der Waals surface area contributed by atoms with Gasteiger partial charge in [-0.3, -0.25) is 4.90 Å². The molecule has 1 fully saturated rings. The Hall–Kier alpha value is -3.76. The molecule has 2 aliphatic rings. The normalized spacial score (nSPS) is 15.2. The topological polar surface area (TPSA) is 94.6 Å². The van der Waals surface area contributed by atoms with E-state index in [1.54, 1.807) is 28.4 Å². The predicted molar refractivity (Wildman–Crippen MR) is 128 cm³/mol. The smallest absolute Gasteiger partial charge is 0.431 e. The van der Waals surface area contributed by atoms with Crippen LogP contribution in [0.25, 0.3) is 10.4 Å². The Balaban J connectivity index is 1.16. The Kier molecular flexibility index (Phi) is 6.24. The van der Waals surface area contributed by atoms with Crippen molar-refractivity contribution in [3.05, 3.63) is 65.5 Å². The van der Waals surface area contributed by atoms with E-state index >= 15 is 0 Å². The number of thiophene rings is 1. The third kappa shape index (κ3) is 4.78. The number of nitrogens with zero attached hydrogens (tertiary/aromatic N) is 3. The van der Waals surface area contributed by atoms with Crippen LogP contribution in [0.1, 0.15) is 5.56 Å². The monoisotopic (exact) mass is 480 g/mol. The van der Waals surface area contributed by atoms with Crippen LogP contribution in [0.3, 0.4) is 0 Å². The lowest BCUT2D eigenvalue weighted by atomic mass is 10.1. The van der Waals surface area contributed by atoms with Crippen molar-refractivity contribution in [1.29, 1.82) is 0 Å². The summed E-state index contributed by atoms with van der Waals surface area (Å²) >= 11 is 1.61. The maximum Gasteiger partial charge on any atom is 0.431 e. The molecular weight excluding hydrogens is 456 g/mol. The van der Waals surface area contributed by atoms with Gasteiger partial charge in [-0.1, -0.05) is 24.3 Å². The summed E-state index contributed by atoms with van der Waals surface area (Å²) in [4.78, 5) is 29.6. The maximum atomic E-state index is 12.8. The van der Waals surface area contributed by atoms with E-state index < -0.39 is 12.1 Å². The number of amides is 3. The van der Waals surface area contributed by atoms with Crippen LogP contribution in [-0.2, 0) is 6.54 Å². The van der Waals surface area contributed by atoms with Crippen molar-refractivity contribution in [3.8, 4) is 21.9 Å². The Labute approximate surface area is 200 Å². The van der Waals surface area contributed by atoms with Crippen LogP contribution in [0.4, 0.5) is 15.3 Å². The summed E-state index contributed by atoms with van der Waals surface area (Å²) < 4.78 is 10.8. The molecular formula is C24H24N4O5S. The Morgan fingerprint density at radius 3 is 2.47 bits per heavy atom. The van der Waals surface area contributed by atoms with E-state index in [1.807, 2.05) is 47.8 Å². The van der Waals surface area contributed by atoms with Gasteiger partial charge in [0.25, 0.3) is 0 Å². The molecule has 3 heterocycles. The number of hydrazine groups is 1. The summed E-state index contributed by atoms with van der Waals surface area (Å²) in [6.45, 7) is 3.36. The number of piperazine rings is 1. The molecule has 0 unspecified atom stereocenters. The number of hydrogen-bond acceptors (Lipinski definition) is 6. The van der Waals surface area contributed by atoms with E-state index in [-0.39, 0.29) is 6.79 Å². The molecule has 3 amide bonds.